The Morgan fingerprint density at radius 2 is 1.68 bits per heavy atom. The van der Waals surface area contributed by atoms with E-state index in [-0.39, 0.29) is 17.4 Å². The lowest BCUT2D eigenvalue weighted by Gasteiger charge is -2.11. The Balaban J connectivity index is 1.79. The molecule has 22 heavy (non-hydrogen) atoms. The van der Waals surface area contributed by atoms with Crippen molar-refractivity contribution < 1.29 is 13.6 Å². The summed E-state index contributed by atoms with van der Waals surface area (Å²) in [5, 5.41) is 2.90. The molecule has 0 heterocycles. The summed E-state index contributed by atoms with van der Waals surface area (Å²) in [6.07, 6.45) is -0.112. The molecule has 2 rings (SSSR count). The molecule has 2 aromatic rings. The minimum Gasteiger partial charge on any atom is -0.331 e. The van der Waals surface area contributed by atoms with Gasteiger partial charge in [-0.05, 0) is 48.1 Å². The maximum atomic E-state index is 13.4. The number of hydrogen-bond acceptors (Lipinski definition) is 2. The van der Waals surface area contributed by atoms with Gasteiger partial charge in [-0.15, -0.1) is 0 Å². The van der Waals surface area contributed by atoms with Crippen LogP contribution >= 0.6 is 12.2 Å². The molecule has 7 heteroatoms. The molecule has 0 aliphatic rings. The van der Waals surface area contributed by atoms with Gasteiger partial charge in [-0.2, -0.15) is 0 Å². The number of benzene rings is 2. The summed E-state index contributed by atoms with van der Waals surface area (Å²) in [4.78, 5) is 11.7. The maximum Gasteiger partial charge on any atom is 0.242 e. The molecule has 114 valence electrons. The first kappa shape index (κ1) is 15.8. The fraction of sp³-hybridized carbons (Fsp3) is 0.0667. The predicted octanol–water partition coefficient (Wildman–Crippen LogP) is 2.53. The van der Waals surface area contributed by atoms with Gasteiger partial charge in [0, 0.05) is 5.69 Å². The number of amides is 1. The number of thiocarbonyl (C=S) groups is 1. The number of rotatable bonds is 3. The van der Waals surface area contributed by atoms with Crippen molar-refractivity contribution in [1.82, 2.24) is 10.9 Å². The highest BCUT2D eigenvalue weighted by Gasteiger charge is 2.07. The molecule has 0 bridgehead atoms. The topological polar surface area (TPSA) is 53.2 Å². The molecule has 3 N–H and O–H groups in total. The van der Waals surface area contributed by atoms with Gasteiger partial charge in [-0.25, -0.2) is 8.78 Å². The second kappa shape index (κ2) is 7.46. The van der Waals surface area contributed by atoms with Crippen molar-refractivity contribution in [3.63, 3.8) is 0 Å². The number of hydrogen-bond donors (Lipinski definition) is 3. The summed E-state index contributed by atoms with van der Waals surface area (Å²) < 4.78 is 26.2. The third-order valence-electron chi connectivity index (χ3n) is 2.73. The van der Waals surface area contributed by atoms with E-state index in [9.17, 15) is 13.6 Å². The van der Waals surface area contributed by atoms with E-state index in [1.54, 1.807) is 12.1 Å². The van der Waals surface area contributed by atoms with Crippen LogP contribution in [-0.4, -0.2) is 11.0 Å². The van der Waals surface area contributed by atoms with E-state index < -0.39 is 11.7 Å². The standard InChI is InChI=1S/C15H13F2N3OS/c16-11-5-7-12(8-6-11)18-15(22)20-19-14(21)9-10-3-1-2-4-13(10)17/h1-8H,9H2,(H,19,21)(H2,18,20,22). The summed E-state index contributed by atoms with van der Waals surface area (Å²) in [5.74, 6) is -1.24. The van der Waals surface area contributed by atoms with Crippen LogP contribution in [-0.2, 0) is 11.2 Å². The van der Waals surface area contributed by atoms with Crippen LogP contribution in [0.2, 0.25) is 0 Å². The summed E-state index contributed by atoms with van der Waals surface area (Å²) in [7, 11) is 0. The Bertz CT molecular complexity index is 677. The van der Waals surface area contributed by atoms with Crippen LogP contribution in [0.5, 0.6) is 0 Å². The largest absolute Gasteiger partial charge is 0.331 e. The van der Waals surface area contributed by atoms with Crippen molar-refractivity contribution >= 4 is 28.9 Å². The third-order valence-corrected chi connectivity index (χ3v) is 2.93. The van der Waals surface area contributed by atoms with Crippen LogP contribution in [0.25, 0.3) is 0 Å². The molecule has 4 nitrogen and oxygen atoms in total. The fourth-order valence-corrected chi connectivity index (χ4v) is 1.85. The second-order valence-electron chi connectivity index (χ2n) is 4.40. The van der Waals surface area contributed by atoms with E-state index >= 15 is 0 Å². The second-order valence-corrected chi connectivity index (χ2v) is 4.81. The normalized spacial score (nSPS) is 9.91. The van der Waals surface area contributed by atoms with Crippen LogP contribution in [0.4, 0.5) is 14.5 Å². The molecule has 0 atom stereocenters. The van der Waals surface area contributed by atoms with Gasteiger partial charge in [0.05, 0.1) is 6.42 Å². The van der Waals surface area contributed by atoms with E-state index in [0.717, 1.165) is 0 Å². The zero-order valence-corrected chi connectivity index (χ0v) is 12.2. The molecular formula is C15H13F2N3OS. The Kier molecular flexibility index (Phi) is 5.37. The SMILES string of the molecule is O=C(Cc1ccccc1F)NNC(=S)Nc1ccc(F)cc1. The summed E-state index contributed by atoms with van der Waals surface area (Å²) in [6.45, 7) is 0. The smallest absolute Gasteiger partial charge is 0.242 e. The molecular weight excluding hydrogens is 308 g/mol. The quantitative estimate of drug-likeness (QED) is 0.601. The Morgan fingerprint density at radius 3 is 2.36 bits per heavy atom. The van der Waals surface area contributed by atoms with Crippen LogP contribution in [0, 0.1) is 11.6 Å². The van der Waals surface area contributed by atoms with Gasteiger partial charge >= 0.3 is 0 Å². The zero-order valence-electron chi connectivity index (χ0n) is 11.4. The minimum atomic E-state index is -0.440. The van der Waals surface area contributed by atoms with Crippen LogP contribution in [0.15, 0.2) is 48.5 Å². The summed E-state index contributed by atoms with van der Waals surface area (Å²) in [6, 6.07) is 11.6. The molecule has 0 fully saturated rings. The summed E-state index contributed by atoms with van der Waals surface area (Å²) in [5.41, 5.74) is 5.71. The number of nitrogens with one attached hydrogen (secondary N) is 3. The minimum absolute atomic E-state index is 0.112. The first-order valence-electron chi connectivity index (χ1n) is 6.39. The third kappa shape index (κ3) is 4.78. The highest BCUT2D eigenvalue weighted by Crippen LogP contribution is 2.08. The lowest BCUT2D eigenvalue weighted by atomic mass is 10.1. The van der Waals surface area contributed by atoms with Crippen molar-refractivity contribution in [1.29, 1.82) is 0 Å². The lowest BCUT2D eigenvalue weighted by Crippen LogP contribution is -2.44. The van der Waals surface area contributed by atoms with Crippen LogP contribution in [0.1, 0.15) is 5.56 Å². The summed E-state index contributed by atoms with van der Waals surface area (Å²) >= 11 is 4.97. The van der Waals surface area contributed by atoms with Gasteiger partial charge in [-0.3, -0.25) is 15.6 Å². The molecule has 0 aromatic heterocycles. The number of carbonyl (C=O) groups excluding carboxylic acids is 1. The van der Waals surface area contributed by atoms with E-state index in [2.05, 4.69) is 16.2 Å². The van der Waals surface area contributed by atoms with E-state index in [0.29, 0.717) is 11.3 Å². The van der Waals surface area contributed by atoms with Crippen molar-refractivity contribution in [2.24, 2.45) is 0 Å². The molecule has 0 saturated carbocycles. The molecule has 0 spiro atoms. The van der Waals surface area contributed by atoms with Crippen LogP contribution < -0.4 is 16.2 Å². The van der Waals surface area contributed by atoms with Gasteiger partial charge in [-0.1, -0.05) is 18.2 Å². The maximum absolute atomic E-state index is 13.4. The molecule has 2 aromatic carbocycles. The Morgan fingerprint density at radius 1 is 1.00 bits per heavy atom. The number of anilines is 1. The van der Waals surface area contributed by atoms with Crippen LogP contribution in [0.3, 0.4) is 0 Å². The predicted molar refractivity (Wildman–Crippen MR) is 84.0 cm³/mol. The average Bonchev–Trinajstić information content (AvgIpc) is 2.50. The van der Waals surface area contributed by atoms with Crippen molar-refractivity contribution in [2.45, 2.75) is 6.42 Å². The first-order valence-corrected chi connectivity index (χ1v) is 6.80. The van der Waals surface area contributed by atoms with E-state index in [1.165, 1.54) is 36.4 Å². The molecule has 1 amide bonds. The van der Waals surface area contributed by atoms with E-state index in [1.807, 2.05) is 0 Å². The highest BCUT2D eigenvalue weighted by atomic mass is 32.1. The lowest BCUT2D eigenvalue weighted by molar-refractivity contribution is -0.121. The van der Waals surface area contributed by atoms with E-state index in [4.69, 9.17) is 12.2 Å². The van der Waals surface area contributed by atoms with Gasteiger partial charge < -0.3 is 5.32 Å². The Labute approximate surface area is 131 Å². The van der Waals surface area contributed by atoms with Crippen molar-refractivity contribution in [3.05, 3.63) is 65.7 Å². The monoisotopic (exact) mass is 321 g/mol. The molecule has 0 saturated heterocycles. The number of carbonyl (C=O) groups is 1. The fourth-order valence-electron chi connectivity index (χ4n) is 1.68. The van der Waals surface area contributed by atoms with Gasteiger partial charge in [0.2, 0.25) is 5.91 Å². The zero-order chi connectivity index (χ0) is 15.9. The van der Waals surface area contributed by atoms with Gasteiger partial charge in [0.25, 0.3) is 0 Å². The highest BCUT2D eigenvalue weighted by molar-refractivity contribution is 7.80. The Hall–Kier alpha value is -2.54. The van der Waals surface area contributed by atoms with Crippen molar-refractivity contribution in [2.75, 3.05) is 5.32 Å². The number of hydrazine groups is 1. The molecule has 0 unspecified atom stereocenters. The molecule has 0 aliphatic carbocycles. The molecule has 0 radical (unpaired) electrons. The first-order chi connectivity index (χ1) is 10.5. The van der Waals surface area contributed by atoms with Gasteiger partial charge in [0.15, 0.2) is 5.11 Å². The molecule has 0 aliphatic heterocycles. The van der Waals surface area contributed by atoms with Crippen molar-refractivity contribution in [3.8, 4) is 0 Å². The number of halogens is 2. The average molecular weight is 321 g/mol. The van der Waals surface area contributed by atoms with Gasteiger partial charge in [0.1, 0.15) is 11.6 Å².